The highest BCUT2D eigenvalue weighted by Gasteiger charge is 1.90. The summed E-state index contributed by atoms with van der Waals surface area (Å²) in [6.45, 7) is 11.1. The molecule has 0 aromatic heterocycles. The lowest BCUT2D eigenvalue weighted by Gasteiger charge is -2.00. The van der Waals surface area contributed by atoms with Gasteiger partial charge in [0.25, 0.3) is 0 Å². The fourth-order valence-electron chi connectivity index (χ4n) is 0.803. The normalized spacial score (nSPS) is 8.50. The van der Waals surface area contributed by atoms with Crippen molar-refractivity contribution in [2.24, 2.45) is 5.92 Å². The minimum absolute atomic E-state index is 0. The molecule has 0 rings (SSSR count). The van der Waals surface area contributed by atoms with E-state index in [9.17, 15) is 0 Å². The molecular weight excluding hydrogens is 144 g/mol. The average Bonchev–Trinajstić information content (AvgIpc) is 1.89. The molecule has 0 atom stereocenters. The summed E-state index contributed by atoms with van der Waals surface area (Å²) in [5.41, 5.74) is 0. The van der Waals surface area contributed by atoms with Gasteiger partial charge in [-0.2, -0.15) is 0 Å². The van der Waals surface area contributed by atoms with Crippen LogP contribution in [0.5, 0.6) is 0 Å². The molecular formula is C12H30. The van der Waals surface area contributed by atoms with E-state index in [0.717, 1.165) is 5.92 Å². The highest BCUT2D eigenvalue weighted by molar-refractivity contribution is 4.44. The predicted octanol–water partition coefficient (Wildman–Crippen LogP) is 5.28. The maximum Gasteiger partial charge on any atom is -0.0471 e. The lowest BCUT2D eigenvalue weighted by Crippen LogP contribution is -1.85. The van der Waals surface area contributed by atoms with Crippen molar-refractivity contribution in [2.45, 2.75) is 74.1 Å². The average molecular weight is 174 g/mol. The SMILES string of the molecule is C.CCC.CCCCCC(C)C. The van der Waals surface area contributed by atoms with Crippen LogP contribution in [0.3, 0.4) is 0 Å². The van der Waals surface area contributed by atoms with Crippen molar-refractivity contribution >= 4 is 0 Å². The summed E-state index contributed by atoms with van der Waals surface area (Å²) in [7, 11) is 0. The van der Waals surface area contributed by atoms with Gasteiger partial charge in [0.15, 0.2) is 0 Å². The van der Waals surface area contributed by atoms with Crippen molar-refractivity contribution in [1.82, 2.24) is 0 Å². The van der Waals surface area contributed by atoms with E-state index in [4.69, 9.17) is 0 Å². The second-order valence-electron chi connectivity index (χ2n) is 3.60. The van der Waals surface area contributed by atoms with Gasteiger partial charge in [0.05, 0.1) is 0 Å². The van der Waals surface area contributed by atoms with Crippen molar-refractivity contribution < 1.29 is 0 Å². The summed E-state index contributed by atoms with van der Waals surface area (Å²) in [5, 5.41) is 0. The monoisotopic (exact) mass is 174 g/mol. The van der Waals surface area contributed by atoms with E-state index in [0.29, 0.717) is 0 Å². The third-order valence-electron chi connectivity index (χ3n) is 1.39. The van der Waals surface area contributed by atoms with Crippen LogP contribution in [-0.2, 0) is 0 Å². The van der Waals surface area contributed by atoms with Crippen LogP contribution in [0, 0.1) is 5.92 Å². The van der Waals surface area contributed by atoms with Gasteiger partial charge in [0.2, 0.25) is 0 Å². The number of unbranched alkanes of at least 4 members (excludes halogenated alkanes) is 2. The summed E-state index contributed by atoms with van der Waals surface area (Å²) >= 11 is 0. The van der Waals surface area contributed by atoms with Crippen molar-refractivity contribution in [3.63, 3.8) is 0 Å². The molecule has 0 nitrogen and oxygen atoms in total. The molecule has 0 aromatic carbocycles. The van der Waals surface area contributed by atoms with Gasteiger partial charge in [-0.05, 0) is 5.92 Å². The zero-order valence-corrected chi connectivity index (χ0v) is 9.11. The number of hydrogen-bond acceptors (Lipinski definition) is 0. The summed E-state index contributed by atoms with van der Waals surface area (Å²) in [6.07, 6.45) is 6.85. The Morgan fingerprint density at radius 3 is 1.58 bits per heavy atom. The fraction of sp³-hybridized carbons (Fsp3) is 1.00. The van der Waals surface area contributed by atoms with Crippen LogP contribution in [-0.4, -0.2) is 0 Å². The van der Waals surface area contributed by atoms with Crippen LogP contribution in [0.4, 0.5) is 0 Å². The van der Waals surface area contributed by atoms with Crippen LogP contribution in [0.15, 0.2) is 0 Å². The van der Waals surface area contributed by atoms with Gasteiger partial charge >= 0.3 is 0 Å². The lowest BCUT2D eigenvalue weighted by molar-refractivity contribution is 0.534. The first-order valence-electron chi connectivity index (χ1n) is 5.18. The van der Waals surface area contributed by atoms with Crippen LogP contribution in [0.2, 0.25) is 0 Å². The fourth-order valence-corrected chi connectivity index (χ4v) is 0.803. The van der Waals surface area contributed by atoms with E-state index in [1.807, 2.05) is 0 Å². The van der Waals surface area contributed by atoms with Gasteiger partial charge in [-0.3, -0.25) is 0 Å². The molecule has 0 heteroatoms. The van der Waals surface area contributed by atoms with Crippen molar-refractivity contribution in [2.75, 3.05) is 0 Å². The molecule has 0 spiro atoms. The third-order valence-corrected chi connectivity index (χ3v) is 1.39. The van der Waals surface area contributed by atoms with Crippen molar-refractivity contribution in [3.8, 4) is 0 Å². The first-order chi connectivity index (χ1) is 5.18. The van der Waals surface area contributed by atoms with Crippen LogP contribution in [0.25, 0.3) is 0 Å². The van der Waals surface area contributed by atoms with E-state index in [-0.39, 0.29) is 7.43 Å². The minimum atomic E-state index is 0. The molecule has 0 aliphatic rings. The Morgan fingerprint density at radius 1 is 0.917 bits per heavy atom. The zero-order valence-electron chi connectivity index (χ0n) is 9.11. The quantitative estimate of drug-likeness (QED) is 0.509. The molecule has 0 aromatic rings. The van der Waals surface area contributed by atoms with Crippen molar-refractivity contribution in [1.29, 1.82) is 0 Å². The molecule has 0 fully saturated rings. The predicted molar refractivity (Wildman–Crippen MR) is 61.7 cm³/mol. The second-order valence-corrected chi connectivity index (χ2v) is 3.60. The van der Waals surface area contributed by atoms with E-state index in [1.165, 1.54) is 32.1 Å². The molecule has 0 saturated heterocycles. The van der Waals surface area contributed by atoms with Gasteiger partial charge in [-0.1, -0.05) is 74.1 Å². The van der Waals surface area contributed by atoms with E-state index < -0.39 is 0 Å². The summed E-state index contributed by atoms with van der Waals surface area (Å²) in [6, 6.07) is 0. The Bertz CT molecular complexity index is 46.0. The highest BCUT2D eigenvalue weighted by atomic mass is 14.0. The maximum absolute atomic E-state index is 2.29. The third kappa shape index (κ3) is 32.4. The van der Waals surface area contributed by atoms with Crippen LogP contribution >= 0.6 is 0 Å². The molecule has 0 heterocycles. The van der Waals surface area contributed by atoms with Crippen LogP contribution in [0.1, 0.15) is 74.1 Å². The number of rotatable bonds is 4. The molecule has 0 radical (unpaired) electrons. The Balaban J connectivity index is -0.000000177. The first-order valence-corrected chi connectivity index (χ1v) is 5.18. The smallest absolute Gasteiger partial charge is 0.0471 e. The summed E-state index contributed by atoms with van der Waals surface area (Å²) in [4.78, 5) is 0. The zero-order chi connectivity index (χ0) is 9.11. The van der Waals surface area contributed by atoms with Crippen molar-refractivity contribution in [3.05, 3.63) is 0 Å². The van der Waals surface area contributed by atoms with E-state index in [1.54, 1.807) is 0 Å². The highest BCUT2D eigenvalue weighted by Crippen LogP contribution is 2.06. The van der Waals surface area contributed by atoms with Gasteiger partial charge in [-0.25, -0.2) is 0 Å². The standard InChI is InChI=1S/C8H18.C3H8.CH4/c1-4-5-6-7-8(2)3;1-3-2;/h8H,4-7H2,1-3H3;3H2,1-2H3;1H4. The molecule has 0 aliphatic heterocycles. The van der Waals surface area contributed by atoms with Crippen LogP contribution < -0.4 is 0 Å². The molecule has 0 unspecified atom stereocenters. The largest absolute Gasteiger partial charge is 0.0776 e. The molecule has 0 aliphatic carbocycles. The van der Waals surface area contributed by atoms with E-state index >= 15 is 0 Å². The molecule has 12 heavy (non-hydrogen) atoms. The first kappa shape index (κ1) is 17.9. The Morgan fingerprint density at radius 2 is 1.33 bits per heavy atom. The van der Waals surface area contributed by atoms with E-state index in [2.05, 4.69) is 34.6 Å². The molecule has 0 bridgehead atoms. The Kier molecular flexibility index (Phi) is 25.7. The Labute approximate surface area is 80.8 Å². The Hall–Kier alpha value is 0. The molecule has 0 N–H and O–H groups in total. The molecule has 0 amide bonds. The van der Waals surface area contributed by atoms with Gasteiger partial charge in [-0.15, -0.1) is 0 Å². The number of hydrogen-bond donors (Lipinski definition) is 0. The van der Waals surface area contributed by atoms with Gasteiger partial charge in [0, 0.05) is 0 Å². The van der Waals surface area contributed by atoms with Gasteiger partial charge < -0.3 is 0 Å². The topological polar surface area (TPSA) is 0 Å². The summed E-state index contributed by atoms with van der Waals surface area (Å²) < 4.78 is 0. The second kappa shape index (κ2) is 17.2. The summed E-state index contributed by atoms with van der Waals surface area (Å²) in [5.74, 6) is 0.904. The maximum atomic E-state index is 2.29. The minimum Gasteiger partial charge on any atom is -0.0776 e. The van der Waals surface area contributed by atoms with Gasteiger partial charge in [0.1, 0.15) is 0 Å². The molecule has 78 valence electrons. The molecule has 0 saturated carbocycles. The lowest BCUT2D eigenvalue weighted by atomic mass is 10.1.